The Bertz CT molecular complexity index is 1540. The lowest BCUT2D eigenvalue weighted by Crippen LogP contribution is -2.47. The number of hydrogen-bond acceptors (Lipinski definition) is 5. The minimum atomic E-state index is -4.45. The number of halogens is 4. The number of thiazole rings is 1. The number of hydrogen-bond donors (Lipinski definition) is 0. The summed E-state index contributed by atoms with van der Waals surface area (Å²) in [7, 11) is 0. The molecule has 3 heterocycles. The molecule has 39 heavy (non-hydrogen) atoms. The van der Waals surface area contributed by atoms with Crippen LogP contribution in [0.4, 0.5) is 22.7 Å². The monoisotopic (exact) mass is 555 g/mol. The zero-order valence-corrected chi connectivity index (χ0v) is 22.5. The molecule has 4 aromatic rings. The zero-order chi connectivity index (χ0) is 26.9. The van der Waals surface area contributed by atoms with Crippen LogP contribution in [0.2, 0.25) is 0 Å². The number of anilines is 1. The van der Waals surface area contributed by atoms with Gasteiger partial charge in [0, 0.05) is 30.1 Å². The zero-order valence-electron chi connectivity index (χ0n) is 21.7. The highest BCUT2D eigenvalue weighted by molar-refractivity contribution is 7.22. The molecule has 0 radical (unpaired) electrons. The molecular weight excluding hydrogens is 526 g/mol. The Morgan fingerprint density at radius 3 is 2.56 bits per heavy atom. The first kappa shape index (κ1) is 25.1. The van der Waals surface area contributed by atoms with Gasteiger partial charge in [0.25, 0.3) is 0 Å². The van der Waals surface area contributed by atoms with Crippen molar-refractivity contribution in [3.63, 3.8) is 0 Å². The molecule has 0 unspecified atom stereocenters. The molecule has 3 fully saturated rings. The van der Waals surface area contributed by atoms with Crippen LogP contribution >= 0.6 is 11.3 Å². The third kappa shape index (κ3) is 4.52. The molecule has 2 saturated carbocycles. The van der Waals surface area contributed by atoms with E-state index < -0.39 is 11.7 Å². The number of rotatable bonds is 5. The number of piperidine rings is 1. The van der Waals surface area contributed by atoms with Crippen molar-refractivity contribution in [3.05, 3.63) is 64.7 Å². The molecule has 204 valence electrons. The Kier molecular flexibility index (Phi) is 5.81. The van der Waals surface area contributed by atoms with Crippen LogP contribution in [0.5, 0.6) is 0 Å². The molecule has 0 N–H and O–H groups in total. The molecule has 3 aliphatic rings. The maximum Gasteiger partial charge on any atom is 0.417 e. The Hall–Kier alpha value is -2.94. The average Bonchev–Trinajstić information content (AvgIpc) is 3.49. The Labute approximate surface area is 228 Å². The van der Waals surface area contributed by atoms with Crippen LogP contribution in [0.15, 0.2) is 40.9 Å². The summed E-state index contributed by atoms with van der Waals surface area (Å²) >= 11 is 1.55. The van der Waals surface area contributed by atoms with Gasteiger partial charge >= 0.3 is 6.18 Å². The van der Waals surface area contributed by atoms with Crippen LogP contribution in [0, 0.1) is 24.1 Å². The first-order chi connectivity index (χ1) is 18.7. The van der Waals surface area contributed by atoms with Gasteiger partial charge in [-0.05, 0) is 87.0 Å². The molecule has 1 aliphatic heterocycles. The highest BCUT2D eigenvalue weighted by atomic mass is 32.1. The average molecular weight is 556 g/mol. The van der Waals surface area contributed by atoms with Gasteiger partial charge in [0.15, 0.2) is 10.9 Å². The molecule has 4 nitrogen and oxygen atoms in total. The minimum Gasteiger partial charge on any atom is -0.360 e. The molecule has 0 atom stereocenters. The Balaban J connectivity index is 1.06. The van der Waals surface area contributed by atoms with Gasteiger partial charge in [-0.15, -0.1) is 0 Å². The maximum absolute atomic E-state index is 14.4. The summed E-state index contributed by atoms with van der Waals surface area (Å²) in [5.41, 5.74) is 2.30. The Morgan fingerprint density at radius 2 is 1.85 bits per heavy atom. The van der Waals surface area contributed by atoms with Crippen molar-refractivity contribution in [3.8, 4) is 11.3 Å². The van der Waals surface area contributed by atoms with Gasteiger partial charge in [0.2, 0.25) is 0 Å². The van der Waals surface area contributed by atoms with E-state index in [0.717, 1.165) is 84.4 Å². The molecule has 9 heteroatoms. The van der Waals surface area contributed by atoms with E-state index in [2.05, 4.69) is 15.0 Å². The van der Waals surface area contributed by atoms with Crippen molar-refractivity contribution in [2.75, 3.05) is 18.0 Å². The van der Waals surface area contributed by atoms with E-state index in [0.29, 0.717) is 23.5 Å². The maximum atomic E-state index is 14.4. The van der Waals surface area contributed by atoms with Crippen LogP contribution in [0.25, 0.3) is 21.5 Å². The van der Waals surface area contributed by atoms with Gasteiger partial charge in [0.05, 0.1) is 10.3 Å². The van der Waals surface area contributed by atoms with Crippen molar-refractivity contribution >= 4 is 26.7 Å². The second-order valence-corrected chi connectivity index (χ2v) is 12.8. The predicted octanol–water partition coefficient (Wildman–Crippen LogP) is 8.53. The highest BCUT2D eigenvalue weighted by Gasteiger charge is 2.47. The van der Waals surface area contributed by atoms with Crippen LogP contribution < -0.4 is 4.90 Å². The van der Waals surface area contributed by atoms with Gasteiger partial charge in [-0.1, -0.05) is 34.7 Å². The highest BCUT2D eigenvalue weighted by Crippen LogP contribution is 2.55. The van der Waals surface area contributed by atoms with E-state index in [1.807, 2.05) is 13.0 Å². The van der Waals surface area contributed by atoms with E-state index in [9.17, 15) is 17.6 Å². The molecule has 2 aromatic carbocycles. The van der Waals surface area contributed by atoms with Gasteiger partial charge in [-0.25, -0.2) is 9.37 Å². The second-order valence-electron chi connectivity index (χ2n) is 11.7. The molecule has 0 bridgehead atoms. The minimum absolute atomic E-state index is 0.112. The van der Waals surface area contributed by atoms with E-state index in [1.165, 1.54) is 18.2 Å². The van der Waals surface area contributed by atoms with Crippen LogP contribution in [-0.2, 0) is 12.6 Å². The normalized spacial score (nSPS) is 19.7. The quantitative estimate of drug-likeness (QED) is 0.232. The lowest BCUT2D eigenvalue weighted by molar-refractivity contribution is -0.137. The lowest BCUT2D eigenvalue weighted by Gasteiger charge is -2.52. The van der Waals surface area contributed by atoms with Crippen molar-refractivity contribution in [2.45, 2.75) is 64.0 Å². The van der Waals surface area contributed by atoms with Gasteiger partial charge < -0.3 is 9.42 Å². The number of alkyl halides is 3. The topological polar surface area (TPSA) is 42.2 Å². The van der Waals surface area contributed by atoms with Gasteiger partial charge in [-0.2, -0.15) is 13.2 Å². The molecule has 1 spiro atoms. The number of nitrogens with zero attached hydrogens (tertiary/aromatic N) is 3. The summed E-state index contributed by atoms with van der Waals surface area (Å²) < 4.78 is 62.3. The number of aryl methyl sites for hydroxylation is 1. The smallest absolute Gasteiger partial charge is 0.360 e. The SMILES string of the molecule is Cc1cc(F)c2nc(N3CCC4(CC3)CC(Cc3c(-c5ccccc5C(F)(F)F)noc3C3CC3)C4)sc2c1. The molecule has 2 aromatic heterocycles. The third-order valence-electron chi connectivity index (χ3n) is 8.87. The van der Waals surface area contributed by atoms with E-state index in [1.54, 1.807) is 17.4 Å². The van der Waals surface area contributed by atoms with Crippen LogP contribution in [0.1, 0.15) is 66.9 Å². The lowest BCUT2D eigenvalue weighted by atomic mass is 9.56. The largest absolute Gasteiger partial charge is 0.417 e. The fourth-order valence-corrected chi connectivity index (χ4v) is 7.88. The molecule has 7 rings (SSSR count). The predicted molar refractivity (Wildman–Crippen MR) is 144 cm³/mol. The molecular formula is C30H29F4N3OS. The van der Waals surface area contributed by atoms with Crippen LogP contribution in [0.3, 0.4) is 0 Å². The standard InChI is InChI=1S/C30H29F4N3OS/c1-17-12-23(31)26-24(13-17)39-28(35-26)37-10-8-29(9-11-37)15-18(16-29)14-21-25(36-38-27(21)19-6-7-19)20-4-2-3-5-22(20)30(32,33)34/h2-5,12-13,18-19H,6-11,14-16H2,1H3. The summed E-state index contributed by atoms with van der Waals surface area (Å²) in [6.45, 7) is 3.67. The summed E-state index contributed by atoms with van der Waals surface area (Å²) in [5.74, 6) is 1.21. The molecule has 2 aliphatic carbocycles. The van der Waals surface area contributed by atoms with E-state index >= 15 is 0 Å². The summed E-state index contributed by atoms with van der Waals surface area (Å²) in [6, 6.07) is 9.20. The Morgan fingerprint density at radius 1 is 1.10 bits per heavy atom. The van der Waals surface area contributed by atoms with Crippen molar-refractivity contribution in [1.82, 2.24) is 10.1 Å². The van der Waals surface area contributed by atoms with E-state index in [4.69, 9.17) is 4.52 Å². The van der Waals surface area contributed by atoms with E-state index in [-0.39, 0.29) is 22.7 Å². The summed E-state index contributed by atoms with van der Waals surface area (Å²) in [5, 5.41) is 5.08. The van der Waals surface area contributed by atoms with Crippen molar-refractivity contribution in [1.29, 1.82) is 0 Å². The second kappa shape index (κ2) is 9.04. The van der Waals surface area contributed by atoms with Crippen LogP contribution in [-0.4, -0.2) is 23.2 Å². The number of fused-ring (bicyclic) bond motifs is 1. The van der Waals surface area contributed by atoms with Gasteiger partial charge in [0.1, 0.15) is 17.0 Å². The first-order valence-corrected chi connectivity index (χ1v) is 14.5. The first-order valence-electron chi connectivity index (χ1n) is 13.7. The van der Waals surface area contributed by atoms with Gasteiger partial charge in [-0.3, -0.25) is 0 Å². The van der Waals surface area contributed by atoms with Crippen molar-refractivity contribution < 1.29 is 22.1 Å². The fourth-order valence-electron chi connectivity index (χ4n) is 6.75. The summed E-state index contributed by atoms with van der Waals surface area (Å²) in [6.07, 6.45) is 2.47. The summed E-state index contributed by atoms with van der Waals surface area (Å²) in [4.78, 5) is 6.87. The van der Waals surface area contributed by atoms with Crippen molar-refractivity contribution in [2.24, 2.45) is 11.3 Å². The third-order valence-corrected chi connectivity index (χ3v) is 9.93. The fraction of sp³-hybridized carbons (Fsp3) is 0.467. The number of aromatic nitrogens is 2. The number of benzene rings is 2. The molecule has 1 saturated heterocycles. The molecule has 0 amide bonds.